The van der Waals surface area contributed by atoms with Crippen LogP contribution in [0.5, 0.6) is 0 Å². The quantitative estimate of drug-likeness (QED) is 0.707. The third-order valence-electron chi connectivity index (χ3n) is 3.06. The van der Waals surface area contributed by atoms with Crippen LogP contribution in [0.25, 0.3) is 0 Å². The fourth-order valence-corrected chi connectivity index (χ4v) is 2.17. The van der Waals surface area contributed by atoms with Crippen LogP contribution in [0.4, 0.5) is 0 Å². The van der Waals surface area contributed by atoms with Crippen molar-refractivity contribution in [3.63, 3.8) is 0 Å². The second-order valence-corrected chi connectivity index (χ2v) is 4.10. The maximum atomic E-state index is 6.04. The van der Waals surface area contributed by atoms with Gasteiger partial charge in [-0.15, -0.1) is 0 Å². The van der Waals surface area contributed by atoms with E-state index in [1.165, 1.54) is 0 Å². The highest BCUT2D eigenvalue weighted by molar-refractivity contribution is 6.13. The van der Waals surface area contributed by atoms with Gasteiger partial charge >= 0.3 is 0 Å². The molecular formula is C11H14N4O. The molecule has 0 radical (unpaired) electrons. The van der Waals surface area contributed by atoms with Crippen LogP contribution in [0.15, 0.2) is 27.0 Å². The largest absolute Gasteiger partial charge is 0.402 e. The van der Waals surface area contributed by atoms with Gasteiger partial charge in [0.2, 0.25) is 0 Å². The molecule has 3 heterocycles. The van der Waals surface area contributed by atoms with E-state index < -0.39 is 0 Å². The monoisotopic (exact) mass is 218 g/mol. The highest BCUT2D eigenvalue weighted by Crippen LogP contribution is 2.21. The Balaban J connectivity index is 2.05. The van der Waals surface area contributed by atoms with Crippen LogP contribution < -0.4 is 11.1 Å². The zero-order valence-electron chi connectivity index (χ0n) is 8.99. The van der Waals surface area contributed by atoms with E-state index in [0.29, 0.717) is 0 Å². The zero-order chi connectivity index (χ0) is 11.0. The first-order valence-corrected chi connectivity index (χ1v) is 5.53. The Morgan fingerprint density at radius 3 is 3.19 bits per heavy atom. The van der Waals surface area contributed by atoms with Crippen LogP contribution in [-0.4, -0.2) is 30.5 Å². The number of nitrogens with one attached hydrogen (secondary N) is 1. The Labute approximate surface area is 93.4 Å². The SMILES string of the molecule is NC1=C(C2=NCCc3conc32)CNCC1. The Hall–Kier alpha value is -1.62. The van der Waals surface area contributed by atoms with Crippen molar-refractivity contribution < 1.29 is 4.52 Å². The van der Waals surface area contributed by atoms with E-state index in [0.717, 1.165) is 60.7 Å². The lowest BCUT2D eigenvalue weighted by Gasteiger charge is -2.21. The van der Waals surface area contributed by atoms with Gasteiger partial charge in [0.25, 0.3) is 0 Å². The molecule has 3 rings (SSSR count). The molecule has 0 saturated heterocycles. The van der Waals surface area contributed by atoms with Crippen molar-refractivity contribution in [2.45, 2.75) is 12.8 Å². The van der Waals surface area contributed by atoms with E-state index in [2.05, 4.69) is 15.5 Å². The summed E-state index contributed by atoms with van der Waals surface area (Å²) in [6.07, 6.45) is 3.49. The summed E-state index contributed by atoms with van der Waals surface area (Å²) in [6.45, 7) is 2.51. The minimum atomic E-state index is 0.775. The minimum absolute atomic E-state index is 0.775. The van der Waals surface area contributed by atoms with Crippen molar-refractivity contribution in [1.29, 1.82) is 0 Å². The number of rotatable bonds is 1. The predicted molar refractivity (Wildman–Crippen MR) is 60.3 cm³/mol. The molecule has 0 aliphatic carbocycles. The zero-order valence-corrected chi connectivity index (χ0v) is 8.99. The Bertz CT molecular complexity index is 472. The fourth-order valence-electron chi connectivity index (χ4n) is 2.17. The molecule has 0 bridgehead atoms. The number of aliphatic imine (C=N–C) groups is 1. The summed E-state index contributed by atoms with van der Waals surface area (Å²) in [5.74, 6) is 0. The van der Waals surface area contributed by atoms with E-state index in [9.17, 15) is 0 Å². The van der Waals surface area contributed by atoms with E-state index in [-0.39, 0.29) is 0 Å². The minimum Gasteiger partial charge on any atom is -0.402 e. The summed E-state index contributed by atoms with van der Waals surface area (Å²) in [7, 11) is 0. The van der Waals surface area contributed by atoms with E-state index in [4.69, 9.17) is 10.3 Å². The number of hydrogen-bond donors (Lipinski definition) is 2. The van der Waals surface area contributed by atoms with Crippen molar-refractivity contribution in [3.8, 4) is 0 Å². The fraction of sp³-hybridized carbons (Fsp3) is 0.455. The molecule has 84 valence electrons. The summed E-state index contributed by atoms with van der Waals surface area (Å²) in [6, 6.07) is 0. The van der Waals surface area contributed by atoms with Crippen LogP contribution in [0.1, 0.15) is 17.7 Å². The third kappa shape index (κ3) is 1.44. The smallest absolute Gasteiger partial charge is 0.135 e. The van der Waals surface area contributed by atoms with Gasteiger partial charge < -0.3 is 15.6 Å². The molecular weight excluding hydrogens is 204 g/mol. The molecule has 1 aromatic heterocycles. The molecule has 0 aromatic carbocycles. The highest BCUT2D eigenvalue weighted by Gasteiger charge is 2.24. The first kappa shape index (κ1) is 9.59. The predicted octanol–water partition coefficient (Wildman–Crippen LogP) is 0.226. The molecule has 0 unspecified atom stereocenters. The van der Waals surface area contributed by atoms with Crippen molar-refractivity contribution in [3.05, 3.63) is 28.8 Å². The number of nitrogens with zero attached hydrogens (tertiary/aromatic N) is 2. The van der Waals surface area contributed by atoms with Crippen LogP contribution in [-0.2, 0) is 6.42 Å². The van der Waals surface area contributed by atoms with Crippen molar-refractivity contribution in [2.24, 2.45) is 10.7 Å². The van der Waals surface area contributed by atoms with Crippen molar-refractivity contribution >= 4 is 5.71 Å². The van der Waals surface area contributed by atoms with Crippen LogP contribution in [0, 0.1) is 0 Å². The molecule has 0 fully saturated rings. The Morgan fingerprint density at radius 1 is 1.38 bits per heavy atom. The van der Waals surface area contributed by atoms with Crippen LogP contribution >= 0.6 is 0 Å². The van der Waals surface area contributed by atoms with Gasteiger partial charge in [0.1, 0.15) is 12.0 Å². The molecule has 0 saturated carbocycles. The second-order valence-electron chi connectivity index (χ2n) is 4.10. The van der Waals surface area contributed by atoms with Gasteiger partial charge in [0.15, 0.2) is 0 Å². The normalized spacial score (nSPS) is 20.6. The summed E-state index contributed by atoms with van der Waals surface area (Å²) in [5.41, 5.74) is 11.0. The maximum Gasteiger partial charge on any atom is 0.135 e. The molecule has 5 nitrogen and oxygen atoms in total. The summed E-state index contributed by atoms with van der Waals surface area (Å²) in [4.78, 5) is 4.53. The first-order chi connectivity index (χ1) is 7.86. The highest BCUT2D eigenvalue weighted by atomic mass is 16.5. The van der Waals surface area contributed by atoms with E-state index in [1.807, 2.05) is 0 Å². The molecule has 2 aliphatic heterocycles. The standard InChI is InChI=1S/C11H14N4O/c12-9-2-3-13-5-8(9)11-10-7(1-4-14-11)6-16-15-10/h6,13H,1-5,12H2. The lowest BCUT2D eigenvalue weighted by atomic mass is 9.96. The second kappa shape index (κ2) is 3.75. The maximum absolute atomic E-state index is 6.04. The molecule has 1 aromatic rings. The number of fused-ring (bicyclic) bond motifs is 1. The molecule has 5 heteroatoms. The molecule has 2 aliphatic rings. The lowest BCUT2D eigenvalue weighted by Crippen LogP contribution is -2.32. The molecule has 0 atom stereocenters. The topological polar surface area (TPSA) is 76.4 Å². The number of aromatic nitrogens is 1. The van der Waals surface area contributed by atoms with E-state index in [1.54, 1.807) is 6.26 Å². The van der Waals surface area contributed by atoms with Crippen LogP contribution in [0.2, 0.25) is 0 Å². The third-order valence-corrected chi connectivity index (χ3v) is 3.06. The van der Waals surface area contributed by atoms with Crippen LogP contribution in [0.3, 0.4) is 0 Å². The molecule has 3 N–H and O–H groups in total. The van der Waals surface area contributed by atoms with Gasteiger partial charge in [-0.1, -0.05) is 5.16 Å². The number of nitrogens with two attached hydrogens (primary N) is 1. The molecule has 0 spiro atoms. The van der Waals surface area contributed by atoms with Gasteiger partial charge in [0, 0.05) is 36.5 Å². The molecule has 16 heavy (non-hydrogen) atoms. The van der Waals surface area contributed by atoms with Gasteiger partial charge in [-0.2, -0.15) is 0 Å². The van der Waals surface area contributed by atoms with Gasteiger partial charge in [-0.25, -0.2) is 0 Å². The summed E-state index contributed by atoms with van der Waals surface area (Å²) in [5, 5.41) is 7.33. The van der Waals surface area contributed by atoms with Gasteiger partial charge in [-0.05, 0) is 12.8 Å². The van der Waals surface area contributed by atoms with Gasteiger partial charge in [-0.3, -0.25) is 4.99 Å². The van der Waals surface area contributed by atoms with E-state index >= 15 is 0 Å². The Morgan fingerprint density at radius 2 is 2.31 bits per heavy atom. The average Bonchev–Trinajstić information content (AvgIpc) is 2.77. The first-order valence-electron chi connectivity index (χ1n) is 5.53. The average molecular weight is 218 g/mol. The summed E-state index contributed by atoms with van der Waals surface area (Å²) < 4.78 is 5.01. The number of hydrogen-bond acceptors (Lipinski definition) is 5. The Kier molecular flexibility index (Phi) is 2.25. The lowest BCUT2D eigenvalue weighted by molar-refractivity contribution is 0.418. The van der Waals surface area contributed by atoms with Crippen molar-refractivity contribution in [2.75, 3.05) is 19.6 Å². The summed E-state index contributed by atoms with van der Waals surface area (Å²) >= 11 is 0. The van der Waals surface area contributed by atoms with Crippen molar-refractivity contribution in [1.82, 2.24) is 10.5 Å². The van der Waals surface area contributed by atoms with Gasteiger partial charge in [0.05, 0.1) is 5.71 Å². The molecule has 0 amide bonds.